The summed E-state index contributed by atoms with van der Waals surface area (Å²) in [6.45, 7) is 0. The van der Waals surface area contributed by atoms with Gasteiger partial charge in [0.2, 0.25) is 0 Å². The van der Waals surface area contributed by atoms with Gasteiger partial charge < -0.3 is 9.47 Å². The molecule has 3 aromatic rings. The molecule has 1 heterocycles. The summed E-state index contributed by atoms with van der Waals surface area (Å²) < 4.78 is 12.0. The largest absolute Gasteiger partial charge is 0.496 e. The highest BCUT2D eigenvalue weighted by Gasteiger charge is 2.22. The zero-order chi connectivity index (χ0) is 15.3. The molecule has 0 bridgehead atoms. The topological polar surface area (TPSA) is 31.4 Å². The van der Waals surface area contributed by atoms with Crippen molar-refractivity contribution >= 4 is 26.8 Å². The van der Waals surface area contributed by atoms with E-state index in [2.05, 4.69) is 40.2 Å². The average Bonchev–Trinajstić information content (AvgIpc) is 2.88. The molecule has 0 saturated heterocycles. The van der Waals surface area contributed by atoms with Crippen molar-refractivity contribution in [2.75, 3.05) is 14.2 Å². The summed E-state index contributed by atoms with van der Waals surface area (Å²) >= 11 is 3.54. The second kappa shape index (κ2) is 4.99. The fraction of sp³-hybridized carbons (Fsp3) is 0.167. The first kappa shape index (κ1) is 13.6. The van der Waals surface area contributed by atoms with Crippen LogP contribution in [0.1, 0.15) is 11.1 Å². The van der Waals surface area contributed by atoms with E-state index in [1.54, 1.807) is 14.2 Å². The molecule has 0 radical (unpaired) electrons. The number of nitrogens with zero attached hydrogens (tertiary/aromatic N) is 1. The maximum Gasteiger partial charge on any atom is 0.145 e. The monoisotopic (exact) mass is 355 g/mol. The van der Waals surface area contributed by atoms with Crippen LogP contribution in [-0.2, 0) is 6.42 Å². The van der Waals surface area contributed by atoms with E-state index in [1.165, 1.54) is 16.7 Å². The fourth-order valence-corrected chi connectivity index (χ4v) is 3.51. The van der Waals surface area contributed by atoms with E-state index < -0.39 is 0 Å². The first-order chi connectivity index (χ1) is 10.7. The van der Waals surface area contributed by atoms with Crippen LogP contribution in [0.15, 0.2) is 40.9 Å². The zero-order valence-electron chi connectivity index (χ0n) is 12.3. The molecule has 3 nitrogen and oxygen atoms in total. The van der Waals surface area contributed by atoms with Gasteiger partial charge in [0.1, 0.15) is 17.0 Å². The zero-order valence-corrected chi connectivity index (χ0v) is 13.9. The van der Waals surface area contributed by atoms with Crippen LogP contribution in [0.3, 0.4) is 0 Å². The van der Waals surface area contributed by atoms with Crippen LogP contribution in [0.5, 0.6) is 11.5 Å². The van der Waals surface area contributed by atoms with E-state index in [-0.39, 0.29) is 0 Å². The van der Waals surface area contributed by atoms with Gasteiger partial charge in [-0.1, -0.05) is 22.0 Å². The normalized spacial score (nSPS) is 12.1. The number of pyridine rings is 1. The highest BCUT2D eigenvalue weighted by atomic mass is 79.9. The number of fused-ring (bicyclic) bond motifs is 4. The Bertz CT molecular complexity index is 905. The lowest BCUT2D eigenvalue weighted by atomic mass is 10.1. The third kappa shape index (κ3) is 1.91. The number of aromatic nitrogens is 1. The molecule has 4 rings (SSSR count). The van der Waals surface area contributed by atoms with Gasteiger partial charge in [0.25, 0.3) is 0 Å². The van der Waals surface area contributed by atoms with Crippen molar-refractivity contribution in [2.45, 2.75) is 6.42 Å². The Kier molecular flexibility index (Phi) is 3.08. The quantitative estimate of drug-likeness (QED) is 0.527. The first-order valence-electron chi connectivity index (χ1n) is 7.04. The summed E-state index contributed by atoms with van der Waals surface area (Å²) in [5.41, 5.74) is 5.61. The van der Waals surface area contributed by atoms with E-state index in [0.29, 0.717) is 0 Å². The van der Waals surface area contributed by atoms with Gasteiger partial charge in [-0.05, 0) is 41.5 Å². The fourth-order valence-electron chi connectivity index (χ4n) is 3.11. The lowest BCUT2D eigenvalue weighted by molar-refractivity contribution is 0.410. The van der Waals surface area contributed by atoms with Crippen molar-refractivity contribution in [3.05, 3.63) is 52.0 Å². The second-order valence-electron chi connectivity index (χ2n) is 5.34. The summed E-state index contributed by atoms with van der Waals surface area (Å²) in [4.78, 5) is 4.89. The van der Waals surface area contributed by atoms with Crippen LogP contribution < -0.4 is 9.47 Å². The van der Waals surface area contributed by atoms with Crippen molar-refractivity contribution in [1.29, 1.82) is 0 Å². The number of methoxy groups -OCH3 is 2. The number of rotatable bonds is 2. The number of hydrogen-bond donors (Lipinski definition) is 0. The van der Waals surface area contributed by atoms with Crippen LogP contribution >= 0.6 is 15.9 Å². The molecule has 0 atom stereocenters. The van der Waals surface area contributed by atoms with Crippen LogP contribution in [0, 0.1) is 0 Å². The van der Waals surface area contributed by atoms with E-state index in [1.807, 2.05) is 12.1 Å². The molecule has 4 heteroatoms. The molecular weight excluding hydrogens is 342 g/mol. The maximum absolute atomic E-state index is 5.48. The van der Waals surface area contributed by atoms with Gasteiger partial charge in [-0.25, -0.2) is 4.98 Å². The predicted octanol–water partition coefficient (Wildman–Crippen LogP) is 4.59. The average molecular weight is 356 g/mol. The molecular formula is C18H14BrNO2. The van der Waals surface area contributed by atoms with E-state index in [4.69, 9.17) is 14.5 Å². The molecule has 0 fully saturated rings. The van der Waals surface area contributed by atoms with E-state index in [0.717, 1.165) is 39.0 Å². The molecule has 0 unspecified atom stereocenters. The smallest absolute Gasteiger partial charge is 0.145 e. The third-order valence-electron chi connectivity index (χ3n) is 4.13. The van der Waals surface area contributed by atoms with Crippen LogP contribution in [0.2, 0.25) is 0 Å². The minimum Gasteiger partial charge on any atom is -0.496 e. The van der Waals surface area contributed by atoms with Crippen molar-refractivity contribution in [1.82, 2.24) is 4.98 Å². The summed E-state index contributed by atoms with van der Waals surface area (Å²) in [6, 6.07) is 12.3. The van der Waals surface area contributed by atoms with Gasteiger partial charge in [-0.3, -0.25) is 0 Å². The molecule has 1 aliphatic carbocycles. The molecule has 22 heavy (non-hydrogen) atoms. The Morgan fingerprint density at radius 3 is 2.50 bits per heavy atom. The number of benzene rings is 2. The van der Waals surface area contributed by atoms with Gasteiger partial charge in [-0.2, -0.15) is 0 Å². The second-order valence-corrected chi connectivity index (χ2v) is 6.26. The van der Waals surface area contributed by atoms with Crippen molar-refractivity contribution in [3.63, 3.8) is 0 Å². The molecule has 0 N–H and O–H groups in total. The number of hydrogen-bond acceptors (Lipinski definition) is 3. The predicted molar refractivity (Wildman–Crippen MR) is 90.8 cm³/mol. The molecule has 2 aromatic carbocycles. The maximum atomic E-state index is 5.48. The Morgan fingerprint density at radius 2 is 1.73 bits per heavy atom. The van der Waals surface area contributed by atoms with Crippen LogP contribution in [0.4, 0.5) is 0 Å². The molecule has 0 saturated carbocycles. The standard InChI is InChI=1S/C18H14BrNO2/c1-21-15-5-6-16(22-2)18-14(15)9-11-7-10-8-12(19)3-4-13(10)17(11)20-18/h3-6,8-9H,7H2,1-2H3. The Balaban J connectivity index is 2.03. The number of ether oxygens (including phenoxy) is 2. The summed E-state index contributed by atoms with van der Waals surface area (Å²) in [7, 11) is 3.35. The van der Waals surface area contributed by atoms with Crippen molar-refractivity contribution in [2.24, 2.45) is 0 Å². The lowest BCUT2D eigenvalue weighted by Gasteiger charge is -2.11. The summed E-state index contributed by atoms with van der Waals surface area (Å²) in [5.74, 6) is 1.59. The minimum atomic E-state index is 0.768. The van der Waals surface area contributed by atoms with Crippen LogP contribution in [0.25, 0.3) is 22.2 Å². The Hall–Kier alpha value is -2.07. The Morgan fingerprint density at radius 1 is 0.955 bits per heavy atom. The van der Waals surface area contributed by atoms with E-state index >= 15 is 0 Å². The van der Waals surface area contributed by atoms with Crippen molar-refractivity contribution < 1.29 is 9.47 Å². The summed E-state index contributed by atoms with van der Waals surface area (Å²) in [6.07, 6.45) is 0.896. The molecule has 1 aromatic heterocycles. The molecule has 0 amide bonds. The highest BCUT2D eigenvalue weighted by Crippen LogP contribution is 2.41. The van der Waals surface area contributed by atoms with Gasteiger partial charge in [0, 0.05) is 21.8 Å². The van der Waals surface area contributed by atoms with Gasteiger partial charge in [0.15, 0.2) is 0 Å². The molecule has 1 aliphatic rings. The molecule has 110 valence electrons. The SMILES string of the molecule is COc1ccc(OC)c2nc3c(cc12)Cc1cc(Br)ccc1-3. The third-order valence-corrected chi connectivity index (χ3v) is 4.62. The van der Waals surface area contributed by atoms with Gasteiger partial charge in [0.05, 0.1) is 19.9 Å². The minimum absolute atomic E-state index is 0.768. The summed E-state index contributed by atoms with van der Waals surface area (Å²) in [5, 5.41) is 0.993. The highest BCUT2D eigenvalue weighted by molar-refractivity contribution is 9.10. The van der Waals surface area contributed by atoms with Crippen molar-refractivity contribution in [3.8, 4) is 22.8 Å². The lowest BCUT2D eigenvalue weighted by Crippen LogP contribution is -1.94. The Labute approximate surface area is 137 Å². The van der Waals surface area contributed by atoms with E-state index in [9.17, 15) is 0 Å². The molecule has 0 spiro atoms. The van der Waals surface area contributed by atoms with Gasteiger partial charge in [-0.15, -0.1) is 0 Å². The number of halogens is 1. The molecule has 0 aliphatic heterocycles. The van der Waals surface area contributed by atoms with Crippen LogP contribution in [-0.4, -0.2) is 19.2 Å². The van der Waals surface area contributed by atoms with Gasteiger partial charge >= 0.3 is 0 Å². The first-order valence-corrected chi connectivity index (χ1v) is 7.84.